The number of amides is 1. The zero-order valence-corrected chi connectivity index (χ0v) is 16.7. The monoisotopic (exact) mass is 414 g/mol. The first-order valence-corrected chi connectivity index (χ1v) is 9.20. The summed E-state index contributed by atoms with van der Waals surface area (Å²) in [5.41, 5.74) is 1.15. The van der Waals surface area contributed by atoms with Gasteiger partial charge in [0.2, 0.25) is 5.75 Å². The van der Waals surface area contributed by atoms with Gasteiger partial charge in [0.15, 0.2) is 16.7 Å². The van der Waals surface area contributed by atoms with Crippen LogP contribution in [0.25, 0.3) is 6.08 Å². The zero-order chi connectivity index (χ0) is 21.1. The van der Waals surface area contributed by atoms with E-state index >= 15 is 0 Å². The van der Waals surface area contributed by atoms with Gasteiger partial charge in [-0.25, -0.2) is 9.79 Å². The number of carboxylic acids is 1. The number of benzene rings is 2. The Hall–Kier alpha value is -3.46. The third-order valence-corrected chi connectivity index (χ3v) is 5.18. The summed E-state index contributed by atoms with van der Waals surface area (Å²) >= 11 is 1.16. The molecule has 1 saturated heterocycles. The minimum Gasteiger partial charge on any atom is -0.502 e. The van der Waals surface area contributed by atoms with Crippen LogP contribution in [0.1, 0.15) is 15.9 Å². The van der Waals surface area contributed by atoms with Crippen molar-refractivity contribution in [3.05, 3.63) is 52.4 Å². The van der Waals surface area contributed by atoms with E-state index in [0.29, 0.717) is 21.3 Å². The van der Waals surface area contributed by atoms with E-state index in [9.17, 15) is 14.7 Å². The number of phenols is 1. The summed E-state index contributed by atoms with van der Waals surface area (Å²) in [6, 6.07) is 9.34. The second-order valence-corrected chi connectivity index (χ2v) is 7.01. The van der Waals surface area contributed by atoms with E-state index in [2.05, 4.69) is 4.99 Å². The molecule has 2 N–H and O–H groups in total. The summed E-state index contributed by atoms with van der Waals surface area (Å²) in [4.78, 5) is 29.9. The van der Waals surface area contributed by atoms with Crippen LogP contribution in [-0.4, -0.2) is 53.4 Å². The largest absolute Gasteiger partial charge is 0.502 e. The summed E-state index contributed by atoms with van der Waals surface area (Å²) in [5, 5.41) is 19.6. The van der Waals surface area contributed by atoms with E-state index in [0.717, 1.165) is 11.8 Å². The molecule has 0 aromatic heterocycles. The zero-order valence-electron chi connectivity index (χ0n) is 15.9. The highest BCUT2D eigenvalue weighted by Crippen LogP contribution is 2.39. The van der Waals surface area contributed by atoms with Gasteiger partial charge in [-0.3, -0.25) is 9.69 Å². The summed E-state index contributed by atoms with van der Waals surface area (Å²) < 4.78 is 10.3. The highest BCUT2D eigenvalue weighted by Gasteiger charge is 2.30. The number of aliphatic imine (C=N–C) groups is 1. The van der Waals surface area contributed by atoms with Crippen molar-refractivity contribution in [2.45, 2.75) is 0 Å². The van der Waals surface area contributed by atoms with Gasteiger partial charge in [-0.05, 0) is 53.7 Å². The number of amidine groups is 1. The van der Waals surface area contributed by atoms with Gasteiger partial charge in [-0.15, -0.1) is 0 Å². The Morgan fingerprint density at radius 3 is 2.41 bits per heavy atom. The fourth-order valence-electron chi connectivity index (χ4n) is 2.62. The van der Waals surface area contributed by atoms with Gasteiger partial charge in [-0.2, -0.15) is 0 Å². The van der Waals surface area contributed by atoms with E-state index in [1.807, 2.05) is 0 Å². The minimum atomic E-state index is -1.05. The quantitative estimate of drug-likeness (QED) is 0.722. The van der Waals surface area contributed by atoms with E-state index < -0.39 is 5.97 Å². The highest BCUT2D eigenvalue weighted by atomic mass is 32.2. The Morgan fingerprint density at radius 1 is 1.17 bits per heavy atom. The average Bonchev–Trinajstić information content (AvgIpc) is 2.97. The molecule has 0 spiro atoms. The third-order valence-electron chi connectivity index (χ3n) is 4.12. The SMILES string of the molecule is COc1cc(/C=C2\SC(=Nc3cccc(C(=O)O)c3)N(C)C2=O)cc(OC)c1O. The van der Waals surface area contributed by atoms with Crippen molar-refractivity contribution < 1.29 is 29.3 Å². The van der Waals surface area contributed by atoms with Crippen LogP contribution < -0.4 is 9.47 Å². The molecule has 2 aromatic carbocycles. The van der Waals surface area contributed by atoms with Gasteiger partial charge in [0.05, 0.1) is 30.4 Å². The number of phenolic OH excluding ortho intramolecular Hbond substituents is 1. The number of carbonyl (C=O) groups is 2. The fourth-order valence-corrected chi connectivity index (χ4v) is 3.61. The van der Waals surface area contributed by atoms with Crippen LogP contribution in [0, 0.1) is 0 Å². The molecule has 3 rings (SSSR count). The number of methoxy groups -OCH3 is 2. The molecule has 2 aromatic rings. The Kier molecular flexibility index (Phi) is 5.79. The van der Waals surface area contributed by atoms with Gasteiger partial charge in [0.1, 0.15) is 0 Å². The van der Waals surface area contributed by atoms with E-state index in [-0.39, 0.29) is 28.7 Å². The van der Waals surface area contributed by atoms with Crippen molar-refractivity contribution in [3.63, 3.8) is 0 Å². The van der Waals surface area contributed by atoms with Crippen molar-refractivity contribution in [2.24, 2.45) is 4.99 Å². The average molecular weight is 414 g/mol. The number of hydrogen-bond donors (Lipinski definition) is 2. The topological polar surface area (TPSA) is 109 Å². The first-order valence-electron chi connectivity index (χ1n) is 8.38. The summed E-state index contributed by atoms with van der Waals surface area (Å²) in [6.07, 6.45) is 1.64. The molecule has 0 aliphatic carbocycles. The Labute approximate surface area is 171 Å². The second kappa shape index (κ2) is 8.27. The molecule has 9 heteroatoms. The first-order chi connectivity index (χ1) is 13.8. The Balaban J connectivity index is 1.95. The number of hydrogen-bond acceptors (Lipinski definition) is 7. The van der Waals surface area contributed by atoms with Crippen LogP contribution >= 0.6 is 11.8 Å². The maximum absolute atomic E-state index is 12.6. The third kappa shape index (κ3) is 4.19. The number of carbonyl (C=O) groups excluding carboxylic acids is 1. The molecule has 29 heavy (non-hydrogen) atoms. The predicted molar refractivity (Wildman–Crippen MR) is 110 cm³/mol. The number of nitrogens with zero attached hydrogens (tertiary/aromatic N) is 2. The number of carboxylic acid groups (broad SMARTS) is 1. The lowest BCUT2D eigenvalue weighted by atomic mass is 10.1. The highest BCUT2D eigenvalue weighted by molar-refractivity contribution is 8.18. The van der Waals surface area contributed by atoms with E-state index in [1.54, 1.807) is 37.4 Å². The molecule has 8 nitrogen and oxygen atoms in total. The maximum Gasteiger partial charge on any atom is 0.335 e. The molecule has 0 saturated carbocycles. The number of thioether (sulfide) groups is 1. The lowest BCUT2D eigenvalue weighted by Gasteiger charge is -2.09. The molecule has 1 amide bonds. The van der Waals surface area contributed by atoms with Gasteiger partial charge in [0, 0.05) is 7.05 Å². The summed E-state index contributed by atoms with van der Waals surface area (Å²) in [5.74, 6) is -0.987. The van der Waals surface area contributed by atoms with Crippen molar-refractivity contribution in [2.75, 3.05) is 21.3 Å². The van der Waals surface area contributed by atoms with Crippen LogP contribution in [-0.2, 0) is 4.79 Å². The van der Waals surface area contributed by atoms with E-state index in [1.165, 1.54) is 31.3 Å². The standard InChI is InChI=1S/C20H18N2O6S/c1-22-18(24)16(9-11-7-14(27-2)17(23)15(8-11)28-3)29-20(22)21-13-6-4-5-12(10-13)19(25)26/h4-10,23H,1-3H3,(H,25,26)/b16-9-,21-20?. The Bertz CT molecular complexity index is 1020. The molecule has 1 aliphatic rings. The molecule has 1 aliphatic heterocycles. The molecule has 1 heterocycles. The van der Waals surface area contributed by atoms with Gasteiger partial charge in [-0.1, -0.05) is 6.07 Å². The van der Waals surface area contributed by atoms with Gasteiger partial charge >= 0.3 is 5.97 Å². The summed E-state index contributed by atoms with van der Waals surface area (Å²) in [7, 11) is 4.43. The van der Waals surface area contributed by atoms with Crippen molar-refractivity contribution in [1.29, 1.82) is 0 Å². The molecule has 1 fully saturated rings. The van der Waals surface area contributed by atoms with Crippen molar-refractivity contribution >= 4 is 40.6 Å². The van der Waals surface area contributed by atoms with Crippen LogP contribution in [0.15, 0.2) is 46.3 Å². The van der Waals surface area contributed by atoms with E-state index in [4.69, 9.17) is 14.6 Å². The minimum absolute atomic E-state index is 0.114. The smallest absolute Gasteiger partial charge is 0.335 e. The van der Waals surface area contributed by atoms with Crippen molar-refractivity contribution in [3.8, 4) is 17.2 Å². The lowest BCUT2D eigenvalue weighted by Crippen LogP contribution is -2.23. The second-order valence-electron chi connectivity index (χ2n) is 6.00. The first kappa shape index (κ1) is 20.3. The van der Waals surface area contributed by atoms with Crippen LogP contribution in [0.2, 0.25) is 0 Å². The molecular formula is C20H18N2O6S. The molecule has 0 bridgehead atoms. The Morgan fingerprint density at radius 2 is 1.83 bits per heavy atom. The van der Waals surface area contributed by atoms with Crippen LogP contribution in [0.3, 0.4) is 0 Å². The molecule has 0 atom stereocenters. The summed E-state index contributed by atoms with van der Waals surface area (Å²) in [6.45, 7) is 0. The number of aromatic hydroxyl groups is 1. The number of likely N-dealkylation sites (N-methyl/N-ethyl adjacent to an activating group) is 1. The van der Waals surface area contributed by atoms with Crippen molar-refractivity contribution in [1.82, 2.24) is 4.90 Å². The molecule has 0 radical (unpaired) electrons. The number of aromatic carboxylic acids is 1. The molecule has 150 valence electrons. The maximum atomic E-state index is 12.6. The predicted octanol–water partition coefficient (Wildman–Crippen LogP) is 3.34. The number of rotatable bonds is 5. The van der Waals surface area contributed by atoms with Crippen LogP contribution in [0.5, 0.6) is 17.2 Å². The molecular weight excluding hydrogens is 396 g/mol. The normalized spacial score (nSPS) is 16.5. The van der Waals surface area contributed by atoms with Gasteiger partial charge < -0.3 is 19.7 Å². The van der Waals surface area contributed by atoms with Crippen LogP contribution in [0.4, 0.5) is 5.69 Å². The fraction of sp³-hybridized carbons (Fsp3) is 0.150. The lowest BCUT2D eigenvalue weighted by molar-refractivity contribution is -0.121. The van der Waals surface area contributed by atoms with Gasteiger partial charge in [0.25, 0.3) is 5.91 Å². The molecule has 0 unspecified atom stereocenters. The number of ether oxygens (including phenoxy) is 2.